The number of fused-ring (bicyclic) bond motifs is 2. The fraction of sp³-hybridized carbons (Fsp3) is 0.474. The van der Waals surface area contributed by atoms with Crippen LogP contribution in [0.4, 0.5) is 10.5 Å². The predicted molar refractivity (Wildman–Crippen MR) is 97.2 cm³/mol. The van der Waals surface area contributed by atoms with Gasteiger partial charge in [-0.1, -0.05) is 0 Å². The van der Waals surface area contributed by atoms with E-state index >= 15 is 0 Å². The normalized spacial score (nSPS) is 26.6. The second-order valence-corrected chi connectivity index (χ2v) is 7.29. The molecule has 0 spiro atoms. The lowest BCUT2D eigenvalue weighted by molar-refractivity contribution is -0.157. The van der Waals surface area contributed by atoms with Gasteiger partial charge in [0.2, 0.25) is 11.8 Å². The Balaban J connectivity index is 1.42. The van der Waals surface area contributed by atoms with Gasteiger partial charge >= 0.3 is 6.03 Å². The lowest BCUT2D eigenvalue weighted by Crippen LogP contribution is -2.64. The van der Waals surface area contributed by atoms with Crippen LogP contribution < -0.4 is 10.6 Å². The smallest absolute Gasteiger partial charge is 0.319 e. The molecule has 8 heteroatoms. The van der Waals surface area contributed by atoms with Crippen molar-refractivity contribution in [1.29, 1.82) is 0 Å². The van der Waals surface area contributed by atoms with Gasteiger partial charge in [-0.05, 0) is 50.5 Å². The van der Waals surface area contributed by atoms with Gasteiger partial charge < -0.3 is 20.4 Å². The Morgan fingerprint density at radius 1 is 1.00 bits per heavy atom. The molecule has 3 aliphatic heterocycles. The Kier molecular flexibility index (Phi) is 4.33. The van der Waals surface area contributed by atoms with Crippen LogP contribution in [0.5, 0.6) is 0 Å². The zero-order valence-electron chi connectivity index (χ0n) is 15.1. The fourth-order valence-electron chi connectivity index (χ4n) is 4.27. The summed E-state index contributed by atoms with van der Waals surface area (Å²) in [6.07, 6.45) is 2.12. The van der Waals surface area contributed by atoms with Crippen molar-refractivity contribution in [3.63, 3.8) is 0 Å². The number of anilines is 1. The lowest BCUT2D eigenvalue weighted by atomic mass is 10.0. The molecule has 1 aromatic carbocycles. The predicted octanol–water partition coefficient (Wildman–Crippen LogP) is 0.985. The maximum absolute atomic E-state index is 12.8. The third-order valence-corrected chi connectivity index (χ3v) is 5.62. The first-order valence-electron chi connectivity index (χ1n) is 9.25. The topological polar surface area (TPSA) is 98.8 Å². The van der Waals surface area contributed by atoms with Crippen LogP contribution in [0.1, 0.15) is 36.5 Å². The van der Waals surface area contributed by atoms with Gasteiger partial charge in [-0.25, -0.2) is 4.79 Å². The van der Waals surface area contributed by atoms with Gasteiger partial charge in [0.05, 0.1) is 6.04 Å². The Labute approximate surface area is 156 Å². The molecule has 0 saturated carbocycles. The quantitative estimate of drug-likeness (QED) is 0.775. The molecule has 0 bridgehead atoms. The summed E-state index contributed by atoms with van der Waals surface area (Å²) in [6.45, 7) is 2.58. The minimum atomic E-state index is -0.613. The first kappa shape index (κ1) is 17.5. The molecule has 27 heavy (non-hydrogen) atoms. The van der Waals surface area contributed by atoms with E-state index in [1.807, 2.05) is 0 Å². The van der Waals surface area contributed by atoms with Crippen LogP contribution in [0, 0.1) is 0 Å². The standard InChI is InChI=1S/C19H22N4O4/c1-11(24)12-4-6-13(7-5-12)20-19(27)21-14-8-10-23-16(14)18(26)22-9-2-3-15(22)17(23)25/h4-7,14-16H,2-3,8-10H2,1H3,(H2,20,21,27)/t14-,15-,16+/m1/s1. The monoisotopic (exact) mass is 370 g/mol. The lowest BCUT2D eigenvalue weighted by Gasteiger charge is -2.40. The summed E-state index contributed by atoms with van der Waals surface area (Å²) < 4.78 is 0. The van der Waals surface area contributed by atoms with Gasteiger partial charge in [0, 0.05) is 24.3 Å². The zero-order chi connectivity index (χ0) is 19.1. The van der Waals surface area contributed by atoms with Crippen LogP contribution >= 0.6 is 0 Å². The molecular formula is C19H22N4O4. The SMILES string of the molecule is CC(=O)c1ccc(NC(=O)N[C@@H]2CCN3C(=O)[C@H]4CCCN4C(=O)[C@H]23)cc1. The second-order valence-electron chi connectivity index (χ2n) is 7.29. The van der Waals surface area contributed by atoms with Crippen molar-refractivity contribution >= 4 is 29.3 Å². The molecule has 4 amide bonds. The zero-order valence-corrected chi connectivity index (χ0v) is 15.1. The highest BCUT2D eigenvalue weighted by Crippen LogP contribution is 2.32. The number of carbonyl (C=O) groups excluding carboxylic acids is 4. The Morgan fingerprint density at radius 3 is 2.44 bits per heavy atom. The summed E-state index contributed by atoms with van der Waals surface area (Å²) in [5, 5.41) is 5.55. The molecule has 4 rings (SSSR count). The molecule has 3 aliphatic rings. The number of rotatable bonds is 3. The number of hydrogen-bond acceptors (Lipinski definition) is 4. The Hall–Kier alpha value is -2.90. The molecule has 1 aromatic rings. The van der Waals surface area contributed by atoms with Gasteiger partial charge in [0.15, 0.2) is 5.78 Å². The molecule has 3 atom stereocenters. The third kappa shape index (κ3) is 3.05. The molecule has 0 radical (unpaired) electrons. The molecule has 3 fully saturated rings. The summed E-state index contributed by atoms with van der Waals surface area (Å²) in [6, 6.07) is 4.83. The van der Waals surface area contributed by atoms with E-state index in [2.05, 4.69) is 10.6 Å². The molecule has 2 N–H and O–H groups in total. The van der Waals surface area contributed by atoms with Crippen molar-refractivity contribution in [2.75, 3.05) is 18.4 Å². The summed E-state index contributed by atoms with van der Waals surface area (Å²) in [5.74, 6) is -0.106. The van der Waals surface area contributed by atoms with Crippen LogP contribution in [0.3, 0.4) is 0 Å². The number of hydrogen-bond donors (Lipinski definition) is 2. The summed E-state index contributed by atoms with van der Waals surface area (Å²) >= 11 is 0. The first-order chi connectivity index (χ1) is 13.0. The highest BCUT2D eigenvalue weighted by molar-refractivity contribution is 5.99. The number of piperazine rings is 1. The summed E-state index contributed by atoms with van der Waals surface area (Å²) in [4.78, 5) is 52.4. The molecule has 0 unspecified atom stereocenters. The van der Waals surface area contributed by atoms with Crippen LogP contribution in [0.2, 0.25) is 0 Å². The van der Waals surface area contributed by atoms with Crippen molar-refractivity contribution in [3.05, 3.63) is 29.8 Å². The van der Waals surface area contributed by atoms with Crippen LogP contribution in [-0.2, 0) is 9.59 Å². The van der Waals surface area contributed by atoms with E-state index in [1.54, 1.807) is 34.1 Å². The number of benzene rings is 1. The number of Topliss-reactive ketones (excluding diaryl/α,β-unsaturated/α-hetero) is 1. The molecule has 0 aromatic heterocycles. The number of carbonyl (C=O) groups is 4. The largest absolute Gasteiger partial charge is 0.332 e. The second kappa shape index (κ2) is 6.68. The molecule has 0 aliphatic carbocycles. The number of nitrogens with one attached hydrogen (secondary N) is 2. The van der Waals surface area contributed by atoms with E-state index in [9.17, 15) is 19.2 Å². The number of urea groups is 1. The minimum Gasteiger partial charge on any atom is -0.332 e. The van der Waals surface area contributed by atoms with Crippen molar-refractivity contribution in [2.24, 2.45) is 0 Å². The van der Waals surface area contributed by atoms with Crippen molar-refractivity contribution in [1.82, 2.24) is 15.1 Å². The van der Waals surface area contributed by atoms with Crippen LogP contribution in [0.15, 0.2) is 24.3 Å². The van der Waals surface area contributed by atoms with Crippen LogP contribution in [-0.4, -0.2) is 64.6 Å². The van der Waals surface area contributed by atoms with E-state index < -0.39 is 18.1 Å². The van der Waals surface area contributed by atoms with E-state index in [4.69, 9.17) is 0 Å². The molecular weight excluding hydrogens is 348 g/mol. The van der Waals surface area contributed by atoms with Gasteiger partial charge in [0.1, 0.15) is 12.1 Å². The highest BCUT2D eigenvalue weighted by Gasteiger charge is 2.53. The van der Waals surface area contributed by atoms with Gasteiger partial charge in [-0.2, -0.15) is 0 Å². The van der Waals surface area contributed by atoms with E-state index in [0.717, 1.165) is 12.8 Å². The van der Waals surface area contributed by atoms with E-state index in [-0.39, 0.29) is 23.6 Å². The molecule has 142 valence electrons. The molecule has 3 heterocycles. The molecule has 3 saturated heterocycles. The van der Waals surface area contributed by atoms with E-state index in [0.29, 0.717) is 30.8 Å². The maximum Gasteiger partial charge on any atom is 0.319 e. The fourth-order valence-corrected chi connectivity index (χ4v) is 4.27. The highest BCUT2D eigenvalue weighted by atomic mass is 16.2. The van der Waals surface area contributed by atoms with Crippen molar-refractivity contribution in [3.8, 4) is 0 Å². The average Bonchev–Trinajstić information content (AvgIpc) is 3.28. The summed E-state index contributed by atoms with van der Waals surface area (Å²) in [7, 11) is 0. The van der Waals surface area contributed by atoms with Gasteiger partial charge in [-0.3, -0.25) is 14.4 Å². The minimum absolute atomic E-state index is 0.00151. The number of ketones is 1. The van der Waals surface area contributed by atoms with Crippen molar-refractivity contribution < 1.29 is 19.2 Å². The number of amides is 4. The average molecular weight is 370 g/mol. The van der Waals surface area contributed by atoms with Gasteiger partial charge in [0.25, 0.3) is 0 Å². The van der Waals surface area contributed by atoms with Crippen molar-refractivity contribution in [2.45, 2.75) is 44.3 Å². The Bertz CT molecular complexity index is 806. The number of nitrogens with zero attached hydrogens (tertiary/aromatic N) is 2. The van der Waals surface area contributed by atoms with Crippen LogP contribution in [0.25, 0.3) is 0 Å². The Morgan fingerprint density at radius 2 is 1.74 bits per heavy atom. The van der Waals surface area contributed by atoms with Gasteiger partial charge in [-0.15, -0.1) is 0 Å². The molecule has 8 nitrogen and oxygen atoms in total. The maximum atomic E-state index is 12.8. The van der Waals surface area contributed by atoms with E-state index in [1.165, 1.54) is 6.92 Å². The third-order valence-electron chi connectivity index (χ3n) is 5.62. The summed E-state index contributed by atoms with van der Waals surface area (Å²) in [5.41, 5.74) is 1.12. The first-order valence-corrected chi connectivity index (χ1v) is 9.25.